The van der Waals surface area contributed by atoms with Gasteiger partial charge in [0.15, 0.2) is 5.75 Å². The highest BCUT2D eigenvalue weighted by Crippen LogP contribution is 2.30. The van der Waals surface area contributed by atoms with Gasteiger partial charge in [0.1, 0.15) is 5.75 Å². The molecule has 1 aliphatic heterocycles. The van der Waals surface area contributed by atoms with Gasteiger partial charge in [0.25, 0.3) is 5.91 Å². The van der Waals surface area contributed by atoms with Crippen LogP contribution in [0.4, 0.5) is 11.4 Å². The molecule has 8 nitrogen and oxygen atoms in total. The molecule has 8 heteroatoms. The maximum absolute atomic E-state index is 12.8. The Morgan fingerprint density at radius 1 is 1.11 bits per heavy atom. The van der Waals surface area contributed by atoms with Crippen LogP contribution < -0.4 is 14.4 Å². The lowest BCUT2D eigenvalue weighted by Crippen LogP contribution is -2.48. The topological polar surface area (TPSA) is 85.2 Å². The van der Waals surface area contributed by atoms with Gasteiger partial charge < -0.3 is 19.3 Å². The van der Waals surface area contributed by atoms with Crippen LogP contribution >= 0.6 is 0 Å². The number of methoxy groups -OCH3 is 1. The number of carbonyl (C=O) groups excluding carboxylic acids is 1. The summed E-state index contributed by atoms with van der Waals surface area (Å²) in [7, 11) is 1.36. The van der Waals surface area contributed by atoms with Crippen LogP contribution in [-0.4, -0.2) is 55.6 Å². The van der Waals surface area contributed by atoms with E-state index >= 15 is 0 Å². The van der Waals surface area contributed by atoms with Crippen LogP contribution in [0.15, 0.2) is 42.5 Å². The summed E-state index contributed by atoms with van der Waals surface area (Å²) in [5.74, 6) is 0.748. The van der Waals surface area contributed by atoms with Crippen molar-refractivity contribution in [1.29, 1.82) is 0 Å². The van der Waals surface area contributed by atoms with E-state index in [-0.39, 0.29) is 22.9 Å². The second kappa shape index (κ2) is 8.60. The number of nitrogens with zero attached hydrogens (tertiary/aromatic N) is 3. The lowest BCUT2D eigenvalue weighted by atomic mass is 10.1. The predicted molar refractivity (Wildman–Crippen MR) is 105 cm³/mol. The van der Waals surface area contributed by atoms with Crippen LogP contribution in [0.1, 0.15) is 17.3 Å². The number of hydrogen-bond acceptors (Lipinski definition) is 6. The Labute approximate surface area is 163 Å². The summed E-state index contributed by atoms with van der Waals surface area (Å²) in [6.45, 7) is 4.91. The van der Waals surface area contributed by atoms with Crippen LogP contribution in [0.2, 0.25) is 0 Å². The Bertz CT molecular complexity index is 863. The largest absolute Gasteiger partial charge is 0.492 e. The molecule has 0 spiro atoms. The number of anilines is 1. The summed E-state index contributed by atoms with van der Waals surface area (Å²) in [5, 5.41) is 11.2. The minimum Gasteiger partial charge on any atom is -0.492 e. The first kappa shape index (κ1) is 19.5. The molecule has 0 radical (unpaired) electrons. The quantitative estimate of drug-likeness (QED) is 0.561. The number of para-hydroxylation sites is 2. The number of benzene rings is 2. The molecular weight excluding hydrogens is 362 g/mol. The van der Waals surface area contributed by atoms with Gasteiger partial charge in [-0.05, 0) is 31.2 Å². The number of nitro groups is 1. The summed E-state index contributed by atoms with van der Waals surface area (Å²) in [6, 6.07) is 12.1. The summed E-state index contributed by atoms with van der Waals surface area (Å²) in [6.07, 6.45) is 0. The fraction of sp³-hybridized carbons (Fsp3) is 0.350. The highest BCUT2D eigenvalue weighted by atomic mass is 16.6. The van der Waals surface area contributed by atoms with Crippen LogP contribution in [0, 0.1) is 10.1 Å². The standard InChI is InChI=1S/C20H23N3O5/c1-3-28-19-7-5-4-6-16(19)21-10-12-22(13-11-21)20(24)15-8-9-18(27-2)17(14-15)23(25)26/h4-9,14H,3,10-13H2,1-2H3. The zero-order chi connectivity index (χ0) is 20.1. The Kier molecular flexibility index (Phi) is 5.98. The molecule has 0 unspecified atom stereocenters. The number of nitro benzene ring substituents is 1. The van der Waals surface area contributed by atoms with E-state index in [2.05, 4.69) is 4.90 Å². The van der Waals surface area contributed by atoms with E-state index in [1.54, 1.807) is 11.0 Å². The molecule has 1 heterocycles. The van der Waals surface area contributed by atoms with E-state index in [1.807, 2.05) is 31.2 Å². The molecule has 0 aliphatic carbocycles. The first-order chi connectivity index (χ1) is 13.5. The lowest BCUT2D eigenvalue weighted by molar-refractivity contribution is -0.385. The number of ether oxygens (including phenoxy) is 2. The van der Waals surface area contributed by atoms with E-state index in [9.17, 15) is 14.9 Å². The van der Waals surface area contributed by atoms with Gasteiger partial charge in [0, 0.05) is 37.8 Å². The molecule has 28 heavy (non-hydrogen) atoms. The van der Waals surface area contributed by atoms with Crippen molar-refractivity contribution in [1.82, 2.24) is 4.90 Å². The van der Waals surface area contributed by atoms with E-state index in [1.165, 1.54) is 19.2 Å². The summed E-state index contributed by atoms with van der Waals surface area (Å²) in [5.41, 5.74) is 1.09. The zero-order valence-electron chi connectivity index (χ0n) is 16.0. The fourth-order valence-corrected chi connectivity index (χ4v) is 3.29. The van der Waals surface area contributed by atoms with Crippen molar-refractivity contribution in [3.05, 3.63) is 58.1 Å². The Morgan fingerprint density at radius 3 is 2.46 bits per heavy atom. The van der Waals surface area contributed by atoms with Crippen molar-refractivity contribution >= 4 is 17.3 Å². The van der Waals surface area contributed by atoms with Crippen molar-refractivity contribution in [3.8, 4) is 11.5 Å². The number of amides is 1. The second-order valence-corrected chi connectivity index (χ2v) is 6.32. The highest BCUT2D eigenvalue weighted by Gasteiger charge is 2.26. The van der Waals surface area contributed by atoms with Gasteiger partial charge in [0.05, 0.1) is 24.3 Å². The maximum atomic E-state index is 12.8. The fourth-order valence-electron chi connectivity index (χ4n) is 3.29. The molecule has 3 rings (SSSR count). The van der Waals surface area contributed by atoms with E-state index in [0.29, 0.717) is 32.8 Å². The van der Waals surface area contributed by atoms with E-state index in [0.717, 1.165) is 11.4 Å². The van der Waals surface area contributed by atoms with Gasteiger partial charge in [-0.15, -0.1) is 0 Å². The van der Waals surface area contributed by atoms with Crippen molar-refractivity contribution in [2.24, 2.45) is 0 Å². The predicted octanol–water partition coefficient (Wildman–Crippen LogP) is 2.96. The summed E-state index contributed by atoms with van der Waals surface area (Å²) < 4.78 is 10.7. The van der Waals surface area contributed by atoms with Gasteiger partial charge in [-0.2, -0.15) is 0 Å². The smallest absolute Gasteiger partial charge is 0.311 e. The molecule has 1 fully saturated rings. The number of rotatable bonds is 6. The summed E-state index contributed by atoms with van der Waals surface area (Å²) in [4.78, 5) is 27.4. The van der Waals surface area contributed by atoms with Crippen molar-refractivity contribution in [2.45, 2.75) is 6.92 Å². The molecular formula is C20H23N3O5. The molecule has 0 aromatic heterocycles. The van der Waals surface area contributed by atoms with E-state index in [4.69, 9.17) is 9.47 Å². The molecule has 2 aromatic carbocycles. The van der Waals surface area contributed by atoms with Gasteiger partial charge >= 0.3 is 5.69 Å². The third kappa shape index (κ3) is 4.00. The number of carbonyl (C=O) groups is 1. The average molecular weight is 385 g/mol. The lowest BCUT2D eigenvalue weighted by Gasteiger charge is -2.36. The van der Waals surface area contributed by atoms with E-state index < -0.39 is 4.92 Å². The van der Waals surface area contributed by atoms with Gasteiger partial charge in [-0.25, -0.2) is 0 Å². The van der Waals surface area contributed by atoms with Crippen LogP contribution in [0.3, 0.4) is 0 Å². The highest BCUT2D eigenvalue weighted by molar-refractivity contribution is 5.95. The molecule has 0 bridgehead atoms. The first-order valence-electron chi connectivity index (χ1n) is 9.13. The second-order valence-electron chi connectivity index (χ2n) is 6.32. The Balaban J connectivity index is 1.71. The third-order valence-corrected chi connectivity index (χ3v) is 4.70. The first-order valence-corrected chi connectivity index (χ1v) is 9.13. The zero-order valence-corrected chi connectivity index (χ0v) is 16.0. The average Bonchev–Trinajstić information content (AvgIpc) is 2.73. The molecule has 2 aromatic rings. The number of piperazine rings is 1. The Morgan fingerprint density at radius 2 is 1.82 bits per heavy atom. The normalized spacial score (nSPS) is 13.9. The molecule has 0 N–H and O–H groups in total. The number of hydrogen-bond donors (Lipinski definition) is 0. The maximum Gasteiger partial charge on any atom is 0.311 e. The Hall–Kier alpha value is -3.29. The minimum absolute atomic E-state index is 0.138. The van der Waals surface area contributed by atoms with Crippen LogP contribution in [0.25, 0.3) is 0 Å². The third-order valence-electron chi connectivity index (χ3n) is 4.70. The molecule has 1 aliphatic rings. The van der Waals surface area contributed by atoms with Gasteiger partial charge in [-0.1, -0.05) is 12.1 Å². The summed E-state index contributed by atoms with van der Waals surface area (Å²) >= 11 is 0. The molecule has 148 valence electrons. The van der Waals surface area contributed by atoms with Crippen molar-refractivity contribution in [2.75, 3.05) is 44.8 Å². The van der Waals surface area contributed by atoms with Gasteiger partial charge in [0.2, 0.25) is 0 Å². The minimum atomic E-state index is -0.543. The molecule has 1 amide bonds. The molecule has 0 saturated carbocycles. The SMILES string of the molecule is CCOc1ccccc1N1CCN(C(=O)c2ccc(OC)c([N+](=O)[O-])c2)CC1. The van der Waals surface area contributed by atoms with Crippen molar-refractivity contribution in [3.63, 3.8) is 0 Å². The molecule has 1 saturated heterocycles. The monoisotopic (exact) mass is 385 g/mol. The van der Waals surface area contributed by atoms with Gasteiger partial charge in [-0.3, -0.25) is 14.9 Å². The van der Waals surface area contributed by atoms with Crippen molar-refractivity contribution < 1.29 is 19.2 Å². The molecule has 0 atom stereocenters. The van der Waals surface area contributed by atoms with Crippen LogP contribution in [-0.2, 0) is 0 Å². The van der Waals surface area contributed by atoms with Crippen LogP contribution in [0.5, 0.6) is 11.5 Å².